The van der Waals surface area contributed by atoms with Gasteiger partial charge in [-0.2, -0.15) is 10.5 Å². The van der Waals surface area contributed by atoms with E-state index in [1.165, 1.54) is 31.9 Å². The maximum absolute atomic E-state index is 11.8. The van der Waals surface area contributed by atoms with E-state index in [1.807, 2.05) is 42.5 Å². The van der Waals surface area contributed by atoms with Crippen LogP contribution in [0.5, 0.6) is 0 Å². The fourth-order valence-electron chi connectivity index (χ4n) is 9.67. The van der Waals surface area contributed by atoms with E-state index in [-0.39, 0.29) is 43.6 Å². The summed E-state index contributed by atoms with van der Waals surface area (Å²) in [5.74, 6) is 1.92. The van der Waals surface area contributed by atoms with E-state index < -0.39 is 34.0 Å². The van der Waals surface area contributed by atoms with Crippen LogP contribution in [0.25, 0.3) is 0 Å². The van der Waals surface area contributed by atoms with Gasteiger partial charge in [-0.15, -0.1) is 5.06 Å². The van der Waals surface area contributed by atoms with Crippen LogP contribution < -0.4 is 21.7 Å². The predicted octanol–water partition coefficient (Wildman–Crippen LogP) is 15.2. The lowest BCUT2D eigenvalue weighted by Crippen LogP contribution is -2.33. The molecule has 1 aliphatic heterocycles. The molecule has 7 N–H and O–H groups in total. The Morgan fingerprint density at radius 1 is 0.524 bits per heavy atom. The Morgan fingerprint density at radius 2 is 0.874 bits per heavy atom. The Morgan fingerprint density at radius 3 is 1.22 bits per heavy atom. The van der Waals surface area contributed by atoms with Crippen molar-refractivity contribution in [2.45, 2.75) is 273 Å². The second kappa shape index (κ2) is 66.6. The van der Waals surface area contributed by atoms with E-state index in [2.05, 4.69) is 98.5 Å². The second-order valence-corrected chi connectivity index (χ2v) is 28.7. The number of hydrogen-bond acceptors (Lipinski definition) is 21. The number of nitrogens with zero attached hydrogens (tertiary/aromatic N) is 5. The molecule has 5 amide bonds. The molecular weight excluding hydrogens is 1380 g/mol. The zero-order chi connectivity index (χ0) is 76.5. The number of hydroxylamine groups is 2. The van der Waals surface area contributed by atoms with Gasteiger partial charge in [-0.3, -0.25) is 24.0 Å². The number of nitrogens with two attached hydrogens (primary N) is 1. The Labute approximate surface area is 622 Å². The van der Waals surface area contributed by atoms with Crippen molar-refractivity contribution in [1.82, 2.24) is 30.4 Å². The standard InChI is InChI=1S/C22H38N3O4P.C14H23NO2.C13H21NO3.C11H11NO5.C9H18ClN2OP.C6H15NO/c1-19(2)25(20(3)4)30(29-18-10-14-23)28-17-8-6-5-7-15-24-22(26)13-12-21-11-9-16-27-21;1-2-3-4-5-6-11-15-14(16)10-9-13-8-7-12-17-13;15-10-4-2-1-3-9-14-13(16)8-7-12-6-5-11-17-12;13-9-4-5-10(14)12(9)17-11(15)6-3-8-2-1-7-16-8;1-8(2)12(9(3)4)14(10)13-7-5-6-11;7-5-3-1-2-4-6-8/h9,11,16,19-20H,5-8,10,12-13,15,17-18H2,1-4H3,(H,24,26);7-8,12H,2-6,9-11H2,1H3,(H,15,16);5-6,11,15H,1-4,7-10H2,(H,14,16);1-2,7H,3-6H2;8-9H,5,7H2,1-4H3;8H,1-7H2. The van der Waals surface area contributed by atoms with Crippen LogP contribution in [0.2, 0.25) is 0 Å². The van der Waals surface area contributed by atoms with Crippen molar-refractivity contribution >= 4 is 62.9 Å². The third-order valence-corrected chi connectivity index (χ3v) is 19.5. The molecule has 0 radical (unpaired) electrons. The molecule has 4 aromatic heterocycles. The number of carbonyl (C=O) groups is 6. The highest BCUT2D eigenvalue weighted by Crippen LogP contribution is 2.49. The number of aliphatic hydroxyl groups is 2. The lowest BCUT2D eigenvalue weighted by atomic mass is 10.1. The van der Waals surface area contributed by atoms with Gasteiger partial charge >= 0.3 is 5.97 Å². The van der Waals surface area contributed by atoms with Gasteiger partial charge in [0.2, 0.25) is 25.4 Å². The fraction of sp³-hybridized carbons (Fsp3) is 0.680. The summed E-state index contributed by atoms with van der Waals surface area (Å²) >= 11 is 6.13. The molecule has 5 heterocycles. The number of nitrogens with one attached hydrogen (secondary N) is 3. The van der Waals surface area contributed by atoms with Gasteiger partial charge in [0.15, 0.2) is 0 Å². The third-order valence-electron chi connectivity index (χ3n) is 14.9. The molecule has 1 fully saturated rings. The maximum Gasteiger partial charge on any atom is 0.333 e. The molecule has 2 atom stereocenters. The van der Waals surface area contributed by atoms with Gasteiger partial charge in [-0.05, 0) is 167 Å². The number of aryl methyl sites for hydroxylation is 4. The minimum Gasteiger partial charge on any atom is -0.469 e. The molecule has 0 saturated carbocycles. The highest BCUT2D eigenvalue weighted by Gasteiger charge is 2.33. The van der Waals surface area contributed by atoms with Crippen molar-refractivity contribution in [1.29, 1.82) is 10.5 Å². The van der Waals surface area contributed by atoms with Gasteiger partial charge < -0.3 is 68.0 Å². The molecule has 2 unspecified atom stereocenters. The number of nitriles is 2. The van der Waals surface area contributed by atoms with E-state index >= 15 is 0 Å². The monoisotopic (exact) mass is 1510 g/mol. The first-order chi connectivity index (χ1) is 49.7. The maximum atomic E-state index is 11.8. The first-order valence-electron chi connectivity index (χ1n) is 37.0. The average Bonchev–Trinajstić information content (AvgIpc) is 1.85. The molecule has 4 aromatic rings. The van der Waals surface area contributed by atoms with Crippen molar-refractivity contribution in [3.63, 3.8) is 0 Å². The summed E-state index contributed by atoms with van der Waals surface area (Å²) in [5.41, 5.74) is 5.25. The zero-order valence-electron chi connectivity index (χ0n) is 63.3. The van der Waals surface area contributed by atoms with Crippen LogP contribution in [0.15, 0.2) is 91.3 Å². The molecule has 28 heteroatoms. The number of furan rings is 4. The number of rotatable bonds is 50. The normalized spacial score (nSPS) is 12.2. The van der Waals surface area contributed by atoms with Crippen molar-refractivity contribution in [2.75, 3.05) is 59.2 Å². The topological polar surface area (TPSA) is 352 Å². The van der Waals surface area contributed by atoms with Crippen molar-refractivity contribution < 1.29 is 75.1 Å². The number of carbonyl (C=O) groups excluding carboxylic acids is 6. The molecule has 5 rings (SSSR count). The minimum atomic E-state index is -1.15. The number of aliphatic hydroxyl groups excluding tert-OH is 2. The number of imide groups is 1. The number of hydrogen-bond donors (Lipinski definition) is 6. The zero-order valence-corrected chi connectivity index (χ0v) is 65.8. The van der Waals surface area contributed by atoms with Crippen LogP contribution in [0.1, 0.15) is 246 Å². The molecule has 1 saturated heterocycles. The molecule has 1 aliphatic rings. The van der Waals surface area contributed by atoms with Crippen LogP contribution in [-0.4, -0.2) is 144 Å². The highest BCUT2D eigenvalue weighted by molar-refractivity contribution is 7.78. The lowest BCUT2D eigenvalue weighted by molar-refractivity contribution is -0.197. The molecule has 0 aromatic carbocycles. The van der Waals surface area contributed by atoms with E-state index in [0.29, 0.717) is 126 Å². The third kappa shape index (κ3) is 54.2. The summed E-state index contributed by atoms with van der Waals surface area (Å²) in [5, 5.41) is 43.4. The van der Waals surface area contributed by atoms with Gasteiger partial charge in [0.25, 0.3) is 20.3 Å². The quantitative estimate of drug-likeness (QED) is 0.0136. The molecule has 0 spiro atoms. The largest absolute Gasteiger partial charge is 0.469 e. The summed E-state index contributed by atoms with van der Waals surface area (Å²) < 4.78 is 42.3. The summed E-state index contributed by atoms with van der Waals surface area (Å²) in [6.07, 6.45) is 29.6. The van der Waals surface area contributed by atoms with E-state index in [4.69, 9.17) is 69.0 Å². The van der Waals surface area contributed by atoms with Crippen LogP contribution >= 0.6 is 27.4 Å². The molecule has 0 bridgehead atoms. The van der Waals surface area contributed by atoms with E-state index in [1.54, 1.807) is 30.9 Å². The average molecular weight is 1510 g/mol. The Bertz CT molecular complexity index is 2650. The molecular formula is C75H126ClN9O16P2. The Balaban J connectivity index is 0.00000126. The summed E-state index contributed by atoms with van der Waals surface area (Å²) in [7, 11) is -2.23. The van der Waals surface area contributed by atoms with Gasteiger partial charge in [-0.1, -0.05) is 71.1 Å². The van der Waals surface area contributed by atoms with E-state index in [9.17, 15) is 28.8 Å². The fourth-order valence-corrected chi connectivity index (χ4v) is 13.7. The van der Waals surface area contributed by atoms with Crippen LogP contribution in [0, 0.1) is 22.7 Å². The minimum absolute atomic E-state index is 0.0601. The molecule has 103 heavy (non-hydrogen) atoms. The molecule has 25 nitrogen and oxygen atoms in total. The van der Waals surface area contributed by atoms with Gasteiger partial charge in [-0.25, -0.2) is 14.1 Å². The smallest absolute Gasteiger partial charge is 0.333 e. The lowest BCUT2D eigenvalue weighted by Gasteiger charge is -2.35. The molecule has 0 aliphatic carbocycles. The SMILES string of the molecule is CC(C)N(C(C)C)P(Cl)OCCC#N.CC(C)N(C(C)C)P(OCCC#N)OCCCCCCNC(=O)CCc1ccco1.CCCCCCCNC(=O)CCc1ccco1.NCCCCCCO.O=C(CCc1ccco1)NCCCCCCO.O=C(CCc1ccco1)ON1C(=O)CCC1=O. The highest BCUT2D eigenvalue weighted by atomic mass is 35.7. The predicted molar refractivity (Wildman–Crippen MR) is 404 cm³/mol. The van der Waals surface area contributed by atoms with Gasteiger partial charge in [0.1, 0.15) is 23.0 Å². The Hall–Kier alpha value is -6.05. The summed E-state index contributed by atoms with van der Waals surface area (Å²) in [4.78, 5) is 73.1. The summed E-state index contributed by atoms with van der Waals surface area (Å²) in [6, 6.07) is 20.1. The second-order valence-electron chi connectivity index (χ2n) is 25.2. The first-order valence-corrected chi connectivity index (χ1v) is 40.3. The number of halogens is 1. The van der Waals surface area contributed by atoms with E-state index in [0.717, 1.165) is 120 Å². The van der Waals surface area contributed by atoms with Gasteiger partial charge in [0, 0.05) is 115 Å². The molecule has 584 valence electrons. The van der Waals surface area contributed by atoms with Crippen molar-refractivity contribution in [2.24, 2.45) is 5.73 Å². The van der Waals surface area contributed by atoms with Crippen LogP contribution in [0.3, 0.4) is 0 Å². The van der Waals surface area contributed by atoms with Crippen molar-refractivity contribution in [3.8, 4) is 12.1 Å². The van der Waals surface area contributed by atoms with Crippen molar-refractivity contribution in [3.05, 3.63) is 96.6 Å². The van der Waals surface area contributed by atoms with Crippen LogP contribution in [-0.2, 0) is 72.9 Å². The number of amides is 5. The summed E-state index contributed by atoms with van der Waals surface area (Å²) in [6.45, 7) is 24.2. The first kappa shape index (κ1) is 97.0. The van der Waals surface area contributed by atoms with Crippen LogP contribution in [0.4, 0.5) is 0 Å². The number of unbranched alkanes of at least 4 members (excludes halogenated alkanes) is 13. The Kier molecular flexibility index (Phi) is 62.7. The van der Waals surface area contributed by atoms with Gasteiger partial charge in [0.05, 0.1) is 76.3 Å².